The van der Waals surface area contributed by atoms with Gasteiger partial charge in [-0.05, 0) is 11.7 Å². The van der Waals surface area contributed by atoms with E-state index in [1.165, 1.54) is 0 Å². The van der Waals surface area contributed by atoms with Gasteiger partial charge in [-0.1, -0.05) is 6.92 Å². The van der Waals surface area contributed by atoms with Crippen molar-refractivity contribution in [1.82, 2.24) is 5.32 Å². The minimum Gasteiger partial charge on any atom is -0.478 e. The number of thioether (sulfide) groups is 1. The van der Waals surface area contributed by atoms with Crippen LogP contribution < -0.4 is 5.32 Å². The summed E-state index contributed by atoms with van der Waals surface area (Å²) in [6, 6.07) is 0.172. The second-order valence-corrected chi connectivity index (χ2v) is 4.38. The summed E-state index contributed by atoms with van der Waals surface area (Å²) >= 11 is 1.80. The lowest BCUT2D eigenvalue weighted by atomic mass is 10.1. The molecule has 5 heteroatoms. The molecule has 1 fully saturated rings. The molecule has 0 spiro atoms. The number of amides is 1. The summed E-state index contributed by atoms with van der Waals surface area (Å²) in [4.78, 5) is 21.3. The zero-order valence-electron chi connectivity index (χ0n) is 7.90. The average Bonchev–Trinajstić information content (AvgIpc) is 2.49. The van der Waals surface area contributed by atoms with E-state index in [1.54, 1.807) is 11.8 Å². The van der Waals surface area contributed by atoms with Crippen molar-refractivity contribution in [1.29, 1.82) is 0 Å². The van der Waals surface area contributed by atoms with E-state index in [-0.39, 0.29) is 11.9 Å². The van der Waals surface area contributed by atoms with Gasteiger partial charge in [0.25, 0.3) is 0 Å². The Morgan fingerprint density at radius 1 is 1.43 bits per heavy atom. The van der Waals surface area contributed by atoms with E-state index in [4.69, 9.17) is 5.11 Å². The molecule has 0 bridgehead atoms. The lowest BCUT2D eigenvalue weighted by molar-refractivity contribution is -0.131. The first-order valence-electron chi connectivity index (χ1n) is 4.39. The summed E-state index contributed by atoms with van der Waals surface area (Å²) in [5, 5.41) is 11.1. The average molecular weight is 215 g/mol. The Kier molecular flexibility index (Phi) is 4.00. The Hall–Kier alpha value is -0.970. The maximum atomic E-state index is 11.2. The Morgan fingerprint density at radius 2 is 2.14 bits per heavy atom. The van der Waals surface area contributed by atoms with Gasteiger partial charge in [-0.3, -0.25) is 4.79 Å². The highest BCUT2D eigenvalue weighted by Crippen LogP contribution is 2.23. The van der Waals surface area contributed by atoms with Gasteiger partial charge >= 0.3 is 5.97 Å². The van der Waals surface area contributed by atoms with E-state index in [0.29, 0.717) is 5.92 Å². The van der Waals surface area contributed by atoms with Crippen LogP contribution >= 0.6 is 11.8 Å². The van der Waals surface area contributed by atoms with Gasteiger partial charge in [0.2, 0.25) is 5.91 Å². The highest BCUT2D eigenvalue weighted by Gasteiger charge is 2.24. The van der Waals surface area contributed by atoms with E-state index in [0.717, 1.165) is 23.7 Å². The van der Waals surface area contributed by atoms with E-state index >= 15 is 0 Å². The van der Waals surface area contributed by atoms with Crippen LogP contribution in [0.15, 0.2) is 12.2 Å². The van der Waals surface area contributed by atoms with Crippen molar-refractivity contribution in [2.24, 2.45) is 5.92 Å². The smallest absolute Gasteiger partial charge is 0.328 e. The third-order valence-corrected chi connectivity index (χ3v) is 3.43. The standard InChI is InChI=1S/C9H13NO3S/c1-6-4-14-5-7(6)10-8(11)2-3-9(12)13/h2-3,6-7H,4-5H2,1H3,(H,10,11)(H,12,13)/b3-2+. The molecule has 2 atom stereocenters. The molecule has 0 aromatic carbocycles. The van der Waals surface area contributed by atoms with Gasteiger partial charge in [0.05, 0.1) is 0 Å². The van der Waals surface area contributed by atoms with Gasteiger partial charge in [-0.15, -0.1) is 0 Å². The number of carboxylic acids is 1. The maximum absolute atomic E-state index is 11.2. The summed E-state index contributed by atoms with van der Waals surface area (Å²) in [7, 11) is 0. The minimum atomic E-state index is -1.10. The van der Waals surface area contributed by atoms with Crippen molar-refractivity contribution < 1.29 is 14.7 Å². The fourth-order valence-corrected chi connectivity index (χ4v) is 2.63. The number of carbonyl (C=O) groups excluding carboxylic acids is 1. The topological polar surface area (TPSA) is 66.4 Å². The number of aliphatic carboxylic acids is 1. The number of hydrogen-bond donors (Lipinski definition) is 2. The molecule has 1 heterocycles. The van der Waals surface area contributed by atoms with E-state index in [1.807, 2.05) is 0 Å². The number of carbonyl (C=O) groups is 2. The van der Waals surface area contributed by atoms with E-state index in [9.17, 15) is 9.59 Å². The molecule has 1 aliphatic heterocycles. The normalized spacial score (nSPS) is 26.6. The molecule has 2 unspecified atom stereocenters. The monoisotopic (exact) mass is 215 g/mol. The third kappa shape index (κ3) is 3.41. The zero-order valence-corrected chi connectivity index (χ0v) is 8.71. The predicted octanol–water partition coefficient (Wildman–Crippen LogP) is 0.495. The van der Waals surface area contributed by atoms with Crippen LogP contribution in [0.1, 0.15) is 6.92 Å². The highest BCUT2D eigenvalue weighted by atomic mass is 32.2. The predicted molar refractivity (Wildman–Crippen MR) is 55.2 cm³/mol. The first-order chi connectivity index (χ1) is 6.59. The molecule has 0 saturated carbocycles. The van der Waals surface area contributed by atoms with Gasteiger partial charge in [0.15, 0.2) is 0 Å². The van der Waals surface area contributed by atoms with Crippen LogP contribution in [-0.4, -0.2) is 34.5 Å². The molecule has 14 heavy (non-hydrogen) atoms. The fourth-order valence-electron chi connectivity index (χ4n) is 1.22. The summed E-state index contributed by atoms with van der Waals surface area (Å²) in [6.45, 7) is 2.08. The van der Waals surface area contributed by atoms with Crippen LogP contribution in [0, 0.1) is 5.92 Å². The molecule has 0 radical (unpaired) electrons. The van der Waals surface area contributed by atoms with Crippen LogP contribution in [0.3, 0.4) is 0 Å². The molecule has 0 aromatic rings. The molecule has 1 rings (SSSR count). The summed E-state index contributed by atoms with van der Waals surface area (Å²) in [6.07, 6.45) is 1.90. The summed E-state index contributed by atoms with van der Waals surface area (Å²) in [5.41, 5.74) is 0. The Labute approximate surface area is 86.8 Å². The minimum absolute atomic E-state index is 0.172. The first kappa shape index (κ1) is 11.1. The van der Waals surface area contributed by atoms with Gasteiger partial charge < -0.3 is 10.4 Å². The van der Waals surface area contributed by atoms with Crippen LogP contribution in [0.2, 0.25) is 0 Å². The molecule has 1 aliphatic rings. The molecule has 1 amide bonds. The first-order valence-corrected chi connectivity index (χ1v) is 5.54. The second-order valence-electron chi connectivity index (χ2n) is 3.30. The van der Waals surface area contributed by atoms with Gasteiger partial charge in [0, 0.05) is 23.9 Å². The molecular formula is C9H13NO3S. The van der Waals surface area contributed by atoms with Crippen molar-refractivity contribution >= 4 is 23.6 Å². The van der Waals surface area contributed by atoms with E-state index < -0.39 is 5.97 Å². The van der Waals surface area contributed by atoms with Crippen molar-refractivity contribution in [3.63, 3.8) is 0 Å². The third-order valence-electron chi connectivity index (χ3n) is 2.07. The zero-order chi connectivity index (χ0) is 10.6. The molecule has 0 aromatic heterocycles. The van der Waals surface area contributed by atoms with E-state index in [2.05, 4.69) is 12.2 Å². The number of rotatable bonds is 3. The van der Waals surface area contributed by atoms with Crippen LogP contribution in [-0.2, 0) is 9.59 Å². The Balaban J connectivity index is 2.36. The second kappa shape index (κ2) is 5.05. The number of hydrogen-bond acceptors (Lipinski definition) is 3. The van der Waals surface area contributed by atoms with Gasteiger partial charge in [-0.2, -0.15) is 11.8 Å². The molecule has 1 saturated heterocycles. The quantitative estimate of drug-likeness (QED) is 0.673. The summed E-state index contributed by atoms with van der Waals surface area (Å²) < 4.78 is 0. The molecular weight excluding hydrogens is 202 g/mol. The van der Waals surface area contributed by atoms with Gasteiger partial charge in [-0.25, -0.2) is 4.79 Å². The molecule has 4 nitrogen and oxygen atoms in total. The van der Waals surface area contributed by atoms with Crippen LogP contribution in [0.25, 0.3) is 0 Å². The van der Waals surface area contributed by atoms with Crippen LogP contribution in [0.4, 0.5) is 0 Å². The Morgan fingerprint density at radius 3 is 2.64 bits per heavy atom. The maximum Gasteiger partial charge on any atom is 0.328 e. The SMILES string of the molecule is CC1CSCC1NC(=O)/C=C/C(=O)O. The van der Waals surface area contributed by atoms with Crippen molar-refractivity contribution in [3.05, 3.63) is 12.2 Å². The largest absolute Gasteiger partial charge is 0.478 e. The lowest BCUT2D eigenvalue weighted by Gasteiger charge is -2.14. The van der Waals surface area contributed by atoms with Crippen molar-refractivity contribution in [3.8, 4) is 0 Å². The van der Waals surface area contributed by atoms with Gasteiger partial charge in [0.1, 0.15) is 0 Å². The number of carboxylic acid groups (broad SMARTS) is 1. The van der Waals surface area contributed by atoms with Crippen molar-refractivity contribution in [2.45, 2.75) is 13.0 Å². The summed E-state index contributed by atoms with van der Waals surface area (Å²) in [5.74, 6) is 0.990. The molecule has 78 valence electrons. The number of nitrogens with one attached hydrogen (secondary N) is 1. The highest BCUT2D eigenvalue weighted by molar-refractivity contribution is 7.99. The lowest BCUT2D eigenvalue weighted by Crippen LogP contribution is -2.37. The molecule has 2 N–H and O–H groups in total. The Bertz CT molecular complexity index is 265. The van der Waals surface area contributed by atoms with Crippen LogP contribution in [0.5, 0.6) is 0 Å². The fraction of sp³-hybridized carbons (Fsp3) is 0.556. The molecule has 0 aliphatic carbocycles. The van der Waals surface area contributed by atoms with Crippen molar-refractivity contribution in [2.75, 3.05) is 11.5 Å².